The smallest absolute Gasteiger partial charge is 0.260 e. The fraction of sp³-hybridized carbons (Fsp3) is 0.286. The van der Waals surface area contributed by atoms with Crippen LogP contribution in [0.3, 0.4) is 0 Å². The number of nitrogens with zero attached hydrogens (tertiary/aromatic N) is 1. The monoisotopic (exact) mass is 401 g/mol. The van der Waals surface area contributed by atoms with E-state index in [1.807, 2.05) is 56.4 Å². The van der Waals surface area contributed by atoms with Crippen LogP contribution in [0.2, 0.25) is 0 Å². The molecule has 0 aromatic heterocycles. The van der Waals surface area contributed by atoms with Gasteiger partial charge >= 0.3 is 0 Å². The maximum atomic E-state index is 12.4. The van der Waals surface area contributed by atoms with Gasteiger partial charge in [0.25, 0.3) is 5.91 Å². The van der Waals surface area contributed by atoms with Crippen LogP contribution < -0.4 is 4.74 Å². The highest BCUT2D eigenvalue weighted by molar-refractivity contribution is 8.04. The van der Waals surface area contributed by atoms with E-state index >= 15 is 0 Å². The van der Waals surface area contributed by atoms with Gasteiger partial charge in [-0.15, -0.1) is 23.5 Å². The maximum absolute atomic E-state index is 12.4. The van der Waals surface area contributed by atoms with E-state index in [4.69, 9.17) is 4.74 Å². The molecule has 4 nitrogen and oxygen atoms in total. The van der Waals surface area contributed by atoms with Gasteiger partial charge in [-0.2, -0.15) is 0 Å². The lowest BCUT2D eigenvalue weighted by Crippen LogP contribution is -2.33. The first kappa shape index (κ1) is 19.7. The number of phenols is 1. The number of hydrogen-bond acceptors (Lipinski definition) is 5. The van der Waals surface area contributed by atoms with Crippen LogP contribution in [-0.2, 0) is 10.5 Å². The van der Waals surface area contributed by atoms with Crippen molar-refractivity contribution in [1.82, 2.24) is 4.90 Å². The van der Waals surface area contributed by atoms with Gasteiger partial charge < -0.3 is 14.7 Å². The first-order valence-corrected chi connectivity index (χ1v) is 10.8. The Morgan fingerprint density at radius 1 is 1.30 bits per heavy atom. The average Bonchev–Trinajstić information content (AvgIpc) is 2.68. The summed E-state index contributed by atoms with van der Waals surface area (Å²) in [6.45, 7) is 3.12. The number of amides is 1. The number of carbonyl (C=O) groups excluding carboxylic acids is 1. The lowest BCUT2D eigenvalue weighted by molar-refractivity contribution is -0.125. The first-order chi connectivity index (χ1) is 13.1. The summed E-state index contributed by atoms with van der Waals surface area (Å²) < 4.78 is 5.62. The maximum Gasteiger partial charge on any atom is 0.260 e. The van der Waals surface area contributed by atoms with Crippen molar-refractivity contribution >= 4 is 35.5 Å². The van der Waals surface area contributed by atoms with Crippen molar-refractivity contribution in [2.75, 3.05) is 26.0 Å². The minimum Gasteiger partial charge on any atom is -0.504 e. The quantitative estimate of drug-likeness (QED) is 0.565. The molecule has 2 aromatic rings. The summed E-state index contributed by atoms with van der Waals surface area (Å²) in [7, 11) is 1.82. The zero-order valence-electron chi connectivity index (χ0n) is 15.5. The Labute approximate surface area is 168 Å². The van der Waals surface area contributed by atoms with Crippen molar-refractivity contribution in [3.05, 3.63) is 58.5 Å². The second-order valence-corrected chi connectivity index (χ2v) is 8.33. The fourth-order valence-electron chi connectivity index (χ4n) is 2.72. The van der Waals surface area contributed by atoms with E-state index in [9.17, 15) is 9.90 Å². The second-order valence-electron chi connectivity index (χ2n) is 6.15. The van der Waals surface area contributed by atoms with Crippen molar-refractivity contribution < 1.29 is 14.6 Å². The number of benzene rings is 2. The molecule has 2 aromatic carbocycles. The van der Waals surface area contributed by atoms with Gasteiger partial charge in [0.15, 0.2) is 11.5 Å². The normalized spacial score (nSPS) is 16.0. The van der Waals surface area contributed by atoms with Gasteiger partial charge in [-0.3, -0.25) is 4.79 Å². The average molecular weight is 402 g/mol. The van der Waals surface area contributed by atoms with Gasteiger partial charge in [0.2, 0.25) is 0 Å². The molecule has 1 N–H and O–H groups in total. The molecule has 0 aliphatic carbocycles. The zero-order valence-corrected chi connectivity index (χ0v) is 17.1. The standard InChI is InChI=1S/C21H23NO3S2/c1-3-25-18-12-15(13-19-21(24)22(2)9-10-26-19)11-16(20(18)23)14-27-17-7-5-4-6-8-17/h4-8,11-13,23H,3,9-10,14H2,1-2H3. The van der Waals surface area contributed by atoms with E-state index in [0.29, 0.717) is 18.1 Å². The van der Waals surface area contributed by atoms with E-state index < -0.39 is 0 Å². The Balaban J connectivity index is 1.89. The molecule has 1 aliphatic rings. The number of carbonyl (C=O) groups is 1. The van der Waals surface area contributed by atoms with Crippen LogP contribution in [-0.4, -0.2) is 41.9 Å². The molecule has 0 unspecified atom stereocenters. The summed E-state index contributed by atoms with van der Waals surface area (Å²) in [5.74, 6) is 2.17. The van der Waals surface area contributed by atoms with E-state index in [-0.39, 0.29) is 11.7 Å². The third-order valence-corrected chi connectivity index (χ3v) is 6.20. The Morgan fingerprint density at radius 3 is 2.81 bits per heavy atom. The molecule has 142 valence electrons. The molecule has 0 radical (unpaired) electrons. The van der Waals surface area contributed by atoms with Gasteiger partial charge in [0.05, 0.1) is 11.5 Å². The van der Waals surface area contributed by atoms with Crippen LogP contribution in [0.25, 0.3) is 6.08 Å². The van der Waals surface area contributed by atoms with E-state index in [1.165, 1.54) is 0 Å². The van der Waals surface area contributed by atoms with Crippen molar-refractivity contribution in [3.63, 3.8) is 0 Å². The highest BCUT2D eigenvalue weighted by Crippen LogP contribution is 2.37. The number of rotatable bonds is 6. The summed E-state index contributed by atoms with van der Waals surface area (Å²) in [5, 5.41) is 10.6. The van der Waals surface area contributed by atoms with Crippen molar-refractivity contribution in [1.29, 1.82) is 0 Å². The van der Waals surface area contributed by atoms with Crippen LogP contribution in [0.4, 0.5) is 0 Å². The van der Waals surface area contributed by atoms with Crippen LogP contribution in [0, 0.1) is 0 Å². The Morgan fingerprint density at radius 2 is 2.07 bits per heavy atom. The Bertz CT molecular complexity index is 837. The molecule has 3 rings (SSSR count). The van der Waals surface area contributed by atoms with Gasteiger partial charge in [-0.05, 0) is 42.8 Å². The fourth-order valence-corrected chi connectivity index (χ4v) is 4.70. The molecule has 1 aliphatic heterocycles. The predicted molar refractivity (Wildman–Crippen MR) is 113 cm³/mol. The summed E-state index contributed by atoms with van der Waals surface area (Å²) in [5.41, 5.74) is 1.66. The predicted octanol–water partition coefficient (Wildman–Crippen LogP) is 4.63. The molecule has 1 saturated heterocycles. The van der Waals surface area contributed by atoms with Gasteiger partial charge in [-0.25, -0.2) is 0 Å². The lowest BCUT2D eigenvalue weighted by atomic mass is 10.1. The van der Waals surface area contributed by atoms with Gasteiger partial charge in [0.1, 0.15) is 0 Å². The molecule has 1 fully saturated rings. The molecule has 0 bridgehead atoms. The number of hydrogen-bond donors (Lipinski definition) is 1. The molecule has 1 heterocycles. The Hall–Kier alpha value is -2.05. The SMILES string of the molecule is CCOc1cc(C=C2SCCN(C)C2=O)cc(CSc2ccccc2)c1O. The van der Waals surface area contributed by atoms with E-state index in [2.05, 4.69) is 0 Å². The highest BCUT2D eigenvalue weighted by atomic mass is 32.2. The van der Waals surface area contributed by atoms with Crippen molar-refractivity contribution in [2.45, 2.75) is 17.6 Å². The third-order valence-electron chi connectivity index (χ3n) is 4.15. The van der Waals surface area contributed by atoms with Crippen molar-refractivity contribution in [2.24, 2.45) is 0 Å². The largest absolute Gasteiger partial charge is 0.504 e. The topological polar surface area (TPSA) is 49.8 Å². The number of ether oxygens (including phenoxy) is 1. The number of aromatic hydroxyl groups is 1. The molecule has 27 heavy (non-hydrogen) atoms. The van der Waals surface area contributed by atoms with Crippen LogP contribution in [0.1, 0.15) is 18.1 Å². The second kappa shape index (κ2) is 9.24. The number of likely N-dealkylation sites (N-methyl/N-ethyl adjacent to an activating group) is 1. The molecule has 0 spiro atoms. The molecule has 1 amide bonds. The molecule has 0 saturated carbocycles. The molecule has 0 atom stereocenters. The third kappa shape index (κ3) is 5.02. The van der Waals surface area contributed by atoms with Crippen LogP contribution in [0.5, 0.6) is 11.5 Å². The lowest BCUT2D eigenvalue weighted by Gasteiger charge is -2.23. The summed E-state index contributed by atoms with van der Waals surface area (Å²) in [6, 6.07) is 13.8. The highest BCUT2D eigenvalue weighted by Gasteiger charge is 2.21. The zero-order chi connectivity index (χ0) is 19.2. The summed E-state index contributed by atoms with van der Waals surface area (Å²) in [6.07, 6.45) is 1.89. The summed E-state index contributed by atoms with van der Waals surface area (Å²) in [4.78, 5) is 15.9. The minimum absolute atomic E-state index is 0.0393. The van der Waals surface area contributed by atoms with Crippen molar-refractivity contribution in [3.8, 4) is 11.5 Å². The minimum atomic E-state index is 0.0393. The number of thioether (sulfide) groups is 2. The molecule has 6 heteroatoms. The van der Waals surface area contributed by atoms with Crippen LogP contribution in [0.15, 0.2) is 52.3 Å². The first-order valence-electron chi connectivity index (χ1n) is 8.85. The van der Waals surface area contributed by atoms with Crippen LogP contribution >= 0.6 is 23.5 Å². The molecular weight excluding hydrogens is 378 g/mol. The summed E-state index contributed by atoms with van der Waals surface area (Å²) >= 11 is 3.22. The Kier molecular flexibility index (Phi) is 6.74. The van der Waals surface area contributed by atoms with Gasteiger partial charge in [-0.1, -0.05) is 18.2 Å². The van der Waals surface area contributed by atoms with E-state index in [1.54, 1.807) is 34.5 Å². The van der Waals surface area contributed by atoms with Gasteiger partial charge in [0, 0.05) is 35.6 Å². The molecular formula is C21H23NO3S2. The van der Waals surface area contributed by atoms with E-state index in [0.717, 1.165) is 33.2 Å². The number of phenolic OH excluding ortho intramolecular Hbond substituents is 1.